The molecule has 7 heteroatoms. The lowest BCUT2D eigenvalue weighted by atomic mass is 10.2. The second kappa shape index (κ2) is 4.66. The van der Waals surface area contributed by atoms with Gasteiger partial charge >= 0.3 is 11.7 Å². The molecule has 0 radical (unpaired) electrons. The number of benzene rings is 1. The Labute approximate surface area is 106 Å². The van der Waals surface area contributed by atoms with E-state index in [1.165, 1.54) is 19.2 Å². The van der Waals surface area contributed by atoms with Crippen LogP contribution >= 0.6 is 11.6 Å². The molecule has 0 saturated carbocycles. The highest BCUT2D eigenvalue weighted by molar-refractivity contribution is 6.31. The lowest BCUT2D eigenvalue weighted by Gasteiger charge is -2.05. The van der Waals surface area contributed by atoms with E-state index in [-0.39, 0.29) is 5.39 Å². The first-order valence-corrected chi connectivity index (χ1v) is 5.40. The van der Waals surface area contributed by atoms with Crippen molar-refractivity contribution >= 4 is 28.5 Å². The fraction of sp³-hybridized carbons (Fsp3) is 0.182. The molecule has 0 amide bonds. The molecule has 1 N–H and O–H groups in total. The zero-order valence-electron chi connectivity index (χ0n) is 9.40. The van der Waals surface area contributed by atoms with Gasteiger partial charge in [0.15, 0.2) is 0 Å². The van der Waals surface area contributed by atoms with Crippen LogP contribution in [-0.2, 0) is 16.1 Å². The highest BCUT2D eigenvalue weighted by atomic mass is 35.5. The van der Waals surface area contributed by atoms with Crippen LogP contribution in [0.4, 0.5) is 0 Å². The van der Waals surface area contributed by atoms with Crippen molar-refractivity contribution < 1.29 is 9.53 Å². The normalized spacial score (nSPS) is 10.6. The largest absolute Gasteiger partial charge is 0.468 e. The molecule has 0 aliphatic carbocycles. The first-order chi connectivity index (χ1) is 8.52. The fourth-order valence-electron chi connectivity index (χ4n) is 1.56. The van der Waals surface area contributed by atoms with E-state index in [1.807, 2.05) is 0 Å². The van der Waals surface area contributed by atoms with Crippen molar-refractivity contribution in [1.82, 2.24) is 9.55 Å². The van der Waals surface area contributed by atoms with Gasteiger partial charge in [0.25, 0.3) is 5.56 Å². The van der Waals surface area contributed by atoms with Crippen LogP contribution in [0.3, 0.4) is 0 Å². The van der Waals surface area contributed by atoms with Gasteiger partial charge in [-0.3, -0.25) is 9.59 Å². The highest BCUT2D eigenvalue weighted by Gasteiger charge is 2.11. The third-order valence-electron chi connectivity index (χ3n) is 2.46. The van der Waals surface area contributed by atoms with Crippen LogP contribution < -0.4 is 11.2 Å². The van der Waals surface area contributed by atoms with Crippen LogP contribution in [0.25, 0.3) is 10.9 Å². The van der Waals surface area contributed by atoms with E-state index >= 15 is 0 Å². The maximum atomic E-state index is 12.0. The lowest BCUT2D eigenvalue weighted by molar-refractivity contribution is -0.141. The number of methoxy groups -OCH3 is 1. The maximum absolute atomic E-state index is 12.0. The van der Waals surface area contributed by atoms with Gasteiger partial charge in [0.05, 0.1) is 18.0 Å². The van der Waals surface area contributed by atoms with Crippen molar-refractivity contribution in [2.45, 2.75) is 6.54 Å². The zero-order chi connectivity index (χ0) is 13.3. The summed E-state index contributed by atoms with van der Waals surface area (Å²) >= 11 is 5.78. The molecule has 1 aromatic heterocycles. The zero-order valence-corrected chi connectivity index (χ0v) is 10.2. The van der Waals surface area contributed by atoms with Gasteiger partial charge in [0.1, 0.15) is 6.54 Å². The van der Waals surface area contributed by atoms with Gasteiger partial charge in [0.2, 0.25) is 0 Å². The predicted octanol–water partition coefficient (Wildman–Crippen LogP) is 0.516. The summed E-state index contributed by atoms with van der Waals surface area (Å²) in [6, 6.07) is 4.52. The van der Waals surface area contributed by atoms with Crippen LogP contribution in [0.15, 0.2) is 27.8 Å². The van der Waals surface area contributed by atoms with E-state index in [4.69, 9.17) is 11.6 Å². The number of carbonyl (C=O) groups is 1. The Morgan fingerprint density at radius 1 is 1.44 bits per heavy atom. The number of hydrogen-bond acceptors (Lipinski definition) is 4. The Morgan fingerprint density at radius 3 is 2.83 bits per heavy atom. The molecule has 0 unspecified atom stereocenters. The van der Waals surface area contributed by atoms with Crippen LogP contribution in [0.1, 0.15) is 0 Å². The maximum Gasteiger partial charge on any atom is 0.329 e. The number of carbonyl (C=O) groups excluding carboxylic acids is 1. The average Bonchev–Trinajstić information content (AvgIpc) is 2.35. The fourth-order valence-corrected chi connectivity index (χ4v) is 1.73. The summed E-state index contributed by atoms with van der Waals surface area (Å²) < 4.78 is 5.19. The van der Waals surface area contributed by atoms with E-state index in [1.54, 1.807) is 6.07 Å². The standard InChI is InChI=1S/C11H9ClN2O4/c1-18-9(15)5-14-10(16)7-4-6(12)2-3-8(7)13-11(14)17/h2-4H,5H2,1H3,(H,13,17). The highest BCUT2D eigenvalue weighted by Crippen LogP contribution is 2.13. The topological polar surface area (TPSA) is 81.2 Å². The number of nitrogens with one attached hydrogen (secondary N) is 1. The molecule has 0 aliphatic rings. The molecule has 6 nitrogen and oxygen atoms in total. The molecule has 0 bridgehead atoms. The Balaban J connectivity index is 2.71. The summed E-state index contributed by atoms with van der Waals surface area (Å²) in [4.78, 5) is 37.3. The molecule has 0 saturated heterocycles. The summed E-state index contributed by atoms with van der Waals surface area (Å²) in [7, 11) is 1.18. The molecular weight excluding hydrogens is 260 g/mol. The van der Waals surface area contributed by atoms with Crippen molar-refractivity contribution in [2.24, 2.45) is 0 Å². The first-order valence-electron chi connectivity index (χ1n) is 5.02. The van der Waals surface area contributed by atoms with Gasteiger partial charge < -0.3 is 9.72 Å². The van der Waals surface area contributed by atoms with E-state index in [0.29, 0.717) is 10.5 Å². The van der Waals surface area contributed by atoms with Gasteiger partial charge in [-0.25, -0.2) is 9.36 Å². The number of rotatable bonds is 2. The van der Waals surface area contributed by atoms with Crippen molar-refractivity contribution in [3.63, 3.8) is 0 Å². The third-order valence-corrected chi connectivity index (χ3v) is 2.69. The molecule has 2 aromatic rings. The minimum absolute atomic E-state index is 0.242. The summed E-state index contributed by atoms with van der Waals surface area (Å²) in [5, 5.41) is 0.613. The van der Waals surface area contributed by atoms with Gasteiger partial charge in [-0.1, -0.05) is 11.6 Å². The molecular formula is C11H9ClN2O4. The van der Waals surface area contributed by atoms with Crippen molar-refractivity contribution in [2.75, 3.05) is 7.11 Å². The number of nitrogens with zero attached hydrogens (tertiary/aromatic N) is 1. The summed E-state index contributed by atoms with van der Waals surface area (Å²) in [6.45, 7) is -0.437. The number of aromatic amines is 1. The van der Waals surface area contributed by atoms with Crippen LogP contribution in [0.2, 0.25) is 5.02 Å². The van der Waals surface area contributed by atoms with Gasteiger partial charge in [-0.15, -0.1) is 0 Å². The molecule has 0 aliphatic heterocycles. The second-order valence-corrected chi connectivity index (χ2v) is 4.02. The Morgan fingerprint density at radius 2 is 2.17 bits per heavy atom. The molecule has 1 aromatic carbocycles. The summed E-state index contributed by atoms with van der Waals surface area (Å²) in [5.41, 5.74) is -0.877. The van der Waals surface area contributed by atoms with Crippen LogP contribution in [0, 0.1) is 0 Å². The molecule has 2 rings (SSSR count). The predicted molar refractivity (Wildman–Crippen MR) is 65.9 cm³/mol. The number of halogens is 1. The minimum Gasteiger partial charge on any atom is -0.468 e. The van der Waals surface area contributed by atoms with Crippen molar-refractivity contribution in [3.8, 4) is 0 Å². The first kappa shape index (κ1) is 12.4. The Hall–Kier alpha value is -2.08. The number of fused-ring (bicyclic) bond motifs is 1. The van der Waals surface area contributed by atoms with Gasteiger partial charge in [-0.05, 0) is 18.2 Å². The Bertz CT molecular complexity index is 732. The molecule has 18 heavy (non-hydrogen) atoms. The average molecular weight is 269 g/mol. The van der Waals surface area contributed by atoms with E-state index < -0.39 is 23.8 Å². The number of H-pyrrole nitrogens is 1. The third kappa shape index (κ3) is 2.14. The summed E-state index contributed by atoms with van der Waals surface area (Å²) in [5.74, 6) is -0.677. The van der Waals surface area contributed by atoms with Gasteiger partial charge in [-0.2, -0.15) is 0 Å². The smallest absolute Gasteiger partial charge is 0.329 e. The van der Waals surface area contributed by atoms with E-state index in [0.717, 1.165) is 4.57 Å². The molecule has 0 atom stereocenters. The number of hydrogen-bond donors (Lipinski definition) is 1. The van der Waals surface area contributed by atoms with Crippen molar-refractivity contribution in [1.29, 1.82) is 0 Å². The van der Waals surface area contributed by atoms with Crippen LogP contribution in [0.5, 0.6) is 0 Å². The quantitative estimate of drug-likeness (QED) is 0.805. The van der Waals surface area contributed by atoms with E-state index in [2.05, 4.69) is 9.72 Å². The second-order valence-electron chi connectivity index (χ2n) is 3.59. The van der Waals surface area contributed by atoms with Gasteiger partial charge in [0, 0.05) is 5.02 Å². The monoisotopic (exact) mass is 268 g/mol. The minimum atomic E-state index is -0.677. The molecule has 0 spiro atoms. The number of aromatic nitrogens is 2. The van der Waals surface area contributed by atoms with E-state index in [9.17, 15) is 14.4 Å². The molecule has 0 fully saturated rings. The number of ether oxygens (including phenoxy) is 1. The van der Waals surface area contributed by atoms with Crippen LogP contribution in [-0.4, -0.2) is 22.6 Å². The molecule has 1 heterocycles. The van der Waals surface area contributed by atoms with Crippen molar-refractivity contribution in [3.05, 3.63) is 44.1 Å². The lowest BCUT2D eigenvalue weighted by Crippen LogP contribution is -2.37. The SMILES string of the molecule is COC(=O)Cn1c(=O)[nH]c2ccc(Cl)cc2c1=O. The number of esters is 1. The Kier molecular flexibility index (Phi) is 3.20. The molecule has 94 valence electrons. The summed E-state index contributed by atoms with van der Waals surface area (Å²) in [6.07, 6.45) is 0.